The van der Waals surface area contributed by atoms with E-state index >= 15 is 0 Å². The van der Waals surface area contributed by atoms with Crippen LogP contribution in [0.15, 0.2) is 12.2 Å². The van der Waals surface area contributed by atoms with E-state index in [0.717, 1.165) is 25.7 Å². The van der Waals surface area contributed by atoms with Gasteiger partial charge >= 0.3 is 8.03 Å². The molecule has 4 heteroatoms. The van der Waals surface area contributed by atoms with Crippen molar-refractivity contribution in [3.05, 3.63) is 12.2 Å². The number of nitrogens with zero attached hydrogens (tertiary/aromatic N) is 1. The molecule has 208 valence electrons. The first-order valence-corrected chi connectivity index (χ1v) is 16.6. The summed E-state index contributed by atoms with van der Waals surface area (Å²) in [6.45, 7) is 4.38. The number of rotatable bonds is 26. The van der Waals surface area contributed by atoms with Crippen molar-refractivity contribution in [2.75, 3.05) is 21.1 Å². The molecule has 0 fully saturated rings. The summed E-state index contributed by atoms with van der Waals surface area (Å²) < 4.78 is 12.6. The van der Waals surface area contributed by atoms with Crippen LogP contribution in [0.5, 0.6) is 0 Å². The lowest BCUT2D eigenvalue weighted by Crippen LogP contribution is -2.55. The summed E-state index contributed by atoms with van der Waals surface area (Å²) in [5.41, 5.74) is 0. The third-order valence-electron chi connectivity index (χ3n) is 7.83. The van der Waals surface area contributed by atoms with Crippen molar-refractivity contribution >= 4 is 8.03 Å². The molecule has 0 aromatic heterocycles. The van der Waals surface area contributed by atoms with Gasteiger partial charge in [0.25, 0.3) is 5.28 Å². The lowest BCUT2D eigenvalue weighted by Gasteiger charge is -2.39. The van der Waals surface area contributed by atoms with Gasteiger partial charge < -0.3 is 4.89 Å². The van der Waals surface area contributed by atoms with Crippen LogP contribution in [0.3, 0.4) is 0 Å². The van der Waals surface area contributed by atoms with Gasteiger partial charge in [0, 0.05) is 12.8 Å². The van der Waals surface area contributed by atoms with E-state index in [9.17, 15) is 9.46 Å². The number of hydrogen-bond donors (Lipinski definition) is 0. The molecule has 0 amide bonds. The lowest BCUT2D eigenvalue weighted by molar-refractivity contribution is -0.910. The maximum Gasteiger partial charge on any atom is 0.376 e. The highest BCUT2D eigenvalue weighted by molar-refractivity contribution is 7.38. The summed E-state index contributed by atoms with van der Waals surface area (Å²) >= 11 is 0. The number of quaternary nitrogens is 1. The van der Waals surface area contributed by atoms with Crippen molar-refractivity contribution in [1.29, 1.82) is 0 Å². The smallest absolute Gasteiger partial charge is 0.376 e. The van der Waals surface area contributed by atoms with Crippen LogP contribution in [-0.2, 0) is 4.57 Å². The van der Waals surface area contributed by atoms with Gasteiger partial charge in [0.1, 0.15) is 0 Å². The first-order chi connectivity index (χ1) is 16.8. The molecule has 3 nitrogen and oxygen atoms in total. The van der Waals surface area contributed by atoms with Crippen LogP contribution in [0.1, 0.15) is 162 Å². The molecule has 0 aliphatic heterocycles. The van der Waals surface area contributed by atoms with Crippen molar-refractivity contribution in [3.63, 3.8) is 0 Å². The van der Waals surface area contributed by atoms with Gasteiger partial charge in [0.2, 0.25) is 0 Å². The Balaban J connectivity index is 3.54. The Hall–Kier alpha value is -0.240. The van der Waals surface area contributed by atoms with Gasteiger partial charge in [-0.1, -0.05) is 127 Å². The second kappa shape index (κ2) is 22.9. The van der Waals surface area contributed by atoms with E-state index in [4.69, 9.17) is 0 Å². The Kier molecular flexibility index (Phi) is 22.8. The van der Waals surface area contributed by atoms with Crippen molar-refractivity contribution in [1.82, 2.24) is 0 Å². The molecule has 0 N–H and O–H groups in total. The Morgan fingerprint density at radius 3 is 1.29 bits per heavy atom. The first-order valence-electron chi connectivity index (χ1n) is 15.4. The minimum absolute atomic E-state index is 0.522. The summed E-state index contributed by atoms with van der Waals surface area (Å²) in [5, 5.41) is -0.590. The molecule has 0 aromatic carbocycles. The number of allylic oxidation sites excluding steroid dienone is 2. The standard InChI is InChI=1S/C31H63NO2P/c1-6-8-9-10-11-12-13-14-15-16-17-18-19-20-21-22-23-24-25-26-27-28-30-31(29-7-2,35(33)34)32(3,4)5/h16-17H,6-15,18-30H2,1-5H3/q+1. The summed E-state index contributed by atoms with van der Waals surface area (Å²) in [6.07, 6.45) is 34.1. The topological polar surface area (TPSA) is 40.1 Å². The van der Waals surface area contributed by atoms with Crippen molar-refractivity contribution in [2.24, 2.45) is 0 Å². The van der Waals surface area contributed by atoms with E-state index in [1.54, 1.807) is 0 Å². The summed E-state index contributed by atoms with van der Waals surface area (Å²) in [7, 11) is 3.69. The highest BCUT2D eigenvalue weighted by Gasteiger charge is 2.53. The van der Waals surface area contributed by atoms with Crippen LogP contribution in [0, 0.1) is 0 Å². The molecule has 2 unspecified atom stereocenters. The van der Waals surface area contributed by atoms with Gasteiger partial charge in [-0.15, -0.1) is 0 Å². The molecule has 2 atom stereocenters. The van der Waals surface area contributed by atoms with E-state index in [0.29, 0.717) is 4.48 Å². The van der Waals surface area contributed by atoms with Crippen molar-refractivity contribution in [2.45, 2.75) is 167 Å². The first kappa shape index (κ1) is 34.8. The summed E-state index contributed by atoms with van der Waals surface area (Å²) in [6, 6.07) is 0. The van der Waals surface area contributed by atoms with E-state index < -0.39 is 13.3 Å². The van der Waals surface area contributed by atoms with Gasteiger partial charge in [0.05, 0.1) is 21.1 Å². The Morgan fingerprint density at radius 2 is 0.943 bits per heavy atom. The molecule has 0 saturated carbocycles. The quantitative estimate of drug-likeness (QED) is 0.0500. The predicted octanol–water partition coefficient (Wildman–Crippen LogP) is 10.1. The van der Waals surface area contributed by atoms with Gasteiger partial charge in [-0.3, -0.25) is 4.48 Å². The third-order valence-corrected chi connectivity index (χ3v) is 9.55. The van der Waals surface area contributed by atoms with E-state index in [2.05, 4.69) is 26.0 Å². The summed E-state index contributed by atoms with van der Waals surface area (Å²) in [4.78, 5) is 12.1. The van der Waals surface area contributed by atoms with Gasteiger partial charge in [0.15, 0.2) is 0 Å². The Morgan fingerprint density at radius 1 is 0.571 bits per heavy atom. The molecular weight excluding hydrogens is 449 g/mol. The normalized spacial score (nSPS) is 14.5. The lowest BCUT2D eigenvalue weighted by atomic mass is 9.99. The second-order valence-corrected chi connectivity index (χ2v) is 13.2. The van der Waals surface area contributed by atoms with Gasteiger partial charge in [-0.2, -0.15) is 0 Å². The van der Waals surface area contributed by atoms with E-state index in [1.165, 1.54) is 122 Å². The molecule has 0 saturated heterocycles. The maximum absolute atomic E-state index is 12.1. The Bertz CT molecular complexity index is 515. The molecule has 0 heterocycles. The fourth-order valence-corrected chi connectivity index (χ4v) is 6.58. The van der Waals surface area contributed by atoms with E-state index in [1.807, 2.05) is 21.1 Å². The fraction of sp³-hybridized carbons (Fsp3) is 0.935. The van der Waals surface area contributed by atoms with Crippen LogP contribution in [0.25, 0.3) is 0 Å². The number of unbranched alkanes of at least 4 members (excludes halogenated alkanes) is 18. The van der Waals surface area contributed by atoms with Crippen LogP contribution in [0.2, 0.25) is 0 Å². The molecular formula is C31H63NO2P+. The molecule has 0 spiro atoms. The van der Waals surface area contributed by atoms with Crippen LogP contribution in [-0.4, -0.2) is 30.9 Å². The average Bonchev–Trinajstić information content (AvgIpc) is 2.80. The van der Waals surface area contributed by atoms with Crippen LogP contribution >= 0.6 is 8.03 Å². The zero-order chi connectivity index (χ0) is 26.3. The summed E-state index contributed by atoms with van der Waals surface area (Å²) in [5.74, 6) is 0. The maximum atomic E-state index is 12.1. The molecule has 0 radical (unpaired) electrons. The Labute approximate surface area is 222 Å². The van der Waals surface area contributed by atoms with Gasteiger partial charge in [-0.25, -0.2) is 0 Å². The zero-order valence-electron chi connectivity index (χ0n) is 24.6. The third kappa shape index (κ3) is 17.8. The molecule has 0 bridgehead atoms. The van der Waals surface area contributed by atoms with E-state index in [-0.39, 0.29) is 0 Å². The predicted molar refractivity (Wildman–Crippen MR) is 155 cm³/mol. The highest BCUT2D eigenvalue weighted by atomic mass is 31.1. The second-order valence-electron chi connectivity index (χ2n) is 11.8. The van der Waals surface area contributed by atoms with Crippen molar-refractivity contribution < 1.29 is 13.9 Å². The highest BCUT2D eigenvalue weighted by Crippen LogP contribution is 2.45. The molecule has 0 aromatic rings. The van der Waals surface area contributed by atoms with Crippen molar-refractivity contribution in [3.8, 4) is 0 Å². The minimum Gasteiger partial charge on any atom is -0.590 e. The minimum atomic E-state index is -2.42. The van der Waals surface area contributed by atoms with Crippen LogP contribution in [0.4, 0.5) is 0 Å². The van der Waals surface area contributed by atoms with Gasteiger partial charge in [-0.05, 0) is 38.5 Å². The SMILES string of the molecule is CCCCCCCCCCC=CCCCCCCCCCCCCC(CCC)([P+](=O)[O-])[N+](C)(C)C. The molecule has 0 rings (SSSR count). The molecule has 0 aliphatic carbocycles. The molecule has 35 heavy (non-hydrogen) atoms. The monoisotopic (exact) mass is 512 g/mol. The fourth-order valence-electron chi connectivity index (χ4n) is 5.34. The zero-order valence-corrected chi connectivity index (χ0v) is 25.5. The average molecular weight is 513 g/mol. The number of hydrogen-bond acceptors (Lipinski definition) is 2. The van der Waals surface area contributed by atoms with Crippen LogP contribution < -0.4 is 4.89 Å². The largest absolute Gasteiger partial charge is 0.590 e. The molecule has 0 aliphatic rings.